The minimum Gasteiger partial charge on any atom is -0.476 e. The van der Waals surface area contributed by atoms with Gasteiger partial charge in [0.15, 0.2) is 0 Å². The zero-order chi connectivity index (χ0) is 29.8. The molecule has 3 heterocycles. The molecule has 1 aliphatic rings. The SMILES string of the molecule is Cc1cccc(C)c1-c1cc(OC[C@@H](CC(C)(C)C)NCc2ncc(N3CC(C)(C)C3)cn2)nc(NC[S-](=N)=O)n1. The molecule has 0 amide bonds. The molecule has 41 heavy (non-hydrogen) atoms. The standard InChI is InChI=1S/C30H43N8O2S/c1-20-9-8-10-21(2)27(20)24-11-26(37-28(36-24)35-19-41(31)39)40-16-22(12-29(3,4)5)32-15-25-33-13-23(14-34-25)38-17-30(6,7)18-38/h8-11,13-14,22,31-32H,12,15-19H2,1-7H3,(H,35,36,37)/q-1/t22-/m1/s1. The number of nitrogens with one attached hydrogen (secondary N) is 3. The van der Waals surface area contributed by atoms with E-state index in [0.29, 0.717) is 30.1 Å². The second kappa shape index (κ2) is 12.7. The van der Waals surface area contributed by atoms with Crippen LogP contribution in [-0.2, 0) is 21.3 Å². The fraction of sp³-hybridized carbons (Fsp3) is 0.533. The molecule has 2 aromatic heterocycles. The van der Waals surface area contributed by atoms with E-state index in [0.717, 1.165) is 47.7 Å². The minimum absolute atomic E-state index is 0.0187. The van der Waals surface area contributed by atoms with Gasteiger partial charge >= 0.3 is 0 Å². The topological polar surface area (TPSA) is 129 Å². The van der Waals surface area contributed by atoms with Gasteiger partial charge in [-0.05, 0) is 48.1 Å². The fourth-order valence-corrected chi connectivity index (χ4v) is 5.44. The normalized spacial score (nSPS) is 15.5. The Morgan fingerprint density at radius 3 is 2.37 bits per heavy atom. The van der Waals surface area contributed by atoms with E-state index in [4.69, 9.17) is 9.52 Å². The number of hydrogen-bond donors (Lipinski definition) is 3. The summed E-state index contributed by atoms with van der Waals surface area (Å²) in [5.74, 6) is 1.36. The molecule has 0 spiro atoms. The van der Waals surface area contributed by atoms with Gasteiger partial charge in [0.05, 0.1) is 30.3 Å². The number of rotatable bonds is 12. The summed E-state index contributed by atoms with van der Waals surface area (Å²) in [5, 5.41) is 6.49. The Kier molecular flexibility index (Phi) is 9.48. The van der Waals surface area contributed by atoms with Crippen molar-refractivity contribution in [2.75, 3.05) is 35.8 Å². The predicted octanol–water partition coefficient (Wildman–Crippen LogP) is 5.47. The molecule has 1 aromatic carbocycles. The number of nitrogens with zero attached hydrogens (tertiary/aromatic N) is 5. The van der Waals surface area contributed by atoms with Crippen LogP contribution >= 0.6 is 0 Å². The Morgan fingerprint density at radius 2 is 1.78 bits per heavy atom. The molecule has 1 atom stereocenters. The Morgan fingerprint density at radius 1 is 1.12 bits per heavy atom. The number of aromatic nitrogens is 4. The Balaban J connectivity index is 1.48. The second-order valence-corrected chi connectivity index (χ2v) is 13.9. The largest absolute Gasteiger partial charge is 0.476 e. The maximum Gasteiger partial charge on any atom is 0.224 e. The molecule has 3 N–H and O–H groups in total. The first-order valence-electron chi connectivity index (χ1n) is 14.0. The fourth-order valence-electron chi connectivity index (χ4n) is 5.18. The molecule has 1 fully saturated rings. The molecule has 0 aliphatic carbocycles. The molecule has 4 rings (SSSR count). The van der Waals surface area contributed by atoms with Gasteiger partial charge in [0.25, 0.3) is 0 Å². The first-order valence-corrected chi connectivity index (χ1v) is 15.3. The van der Waals surface area contributed by atoms with E-state index >= 15 is 0 Å². The van der Waals surface area contributed by atoms with E-state index in [-0.39, 0.29) is 23.3 Å². The molecule has 222 valence electrons. The quantitative estimate of drug-likeness (QED) is 0.239. The first kappa shape index (κ1) is 30.6. The highest BCUT2D eigenvalue weighted by atomic mass is 32.2. The molecule has 1 saturated heterocycles. The van der Waals surface area contributed by atoms with Gasteiger partial charge in [-0.3, -0.25) is 0 Å². The van der Waals surface area contributed by atoms with Gasteiger partial charge in [0.2, 0.25) is 11.8 Å². The second-order valence-electron chi connectivity index (χ2n) is 12.9. The van der Waals surface area contributed by atoms with Crippen molar-refractivity contribution in [2.24, 2.45) is 10.8 Å². The van der Waals surface area contributed by atoms with Gasteiger partial charge in [-0.1, -0.05) is 52.8 Å². The lowest BCUT2D eigenvalue weighted by Crippen LogP contribution is -2.53. The summed E-state index contributed by atoms with van der Waals surface area (Å²) in [6.45, 7) is 18.2. The van der Waals surface area contributed by atoms with E-state index in [2.05, 4.69) is 70.1 Å². The van der Waals surface area contributed by atoms with E-state index < -0.39 is 10.6 Å². The van der Waals surface area contributed by atoms with Crippen LogP contribution in [0.3, 0.4) is 0 Å². The van der Waals surface area contributed by atoms with Gasteiger partial charge < -0.3 is 29.3 Å². The third kappa shape index (κ3) is 8.84. The summed E-state index contributed by atoms with van der Waals surface area (Å²) < 4.78 is 25.0. The van der Waals surface area contributed by atoms with Crippen molar-refractivity contribution in [3.05, 3.63) is 53.6 Å². The number of anilines is 2. The third-order valence-corrected chi connectivity index (χ3v) is 7.34. The van der Waals surface area contributed by atoms with Crippen LogP contribution in [0.15, 0.2) is 36.7 Å². The maximum absolute atomic E-state index is 11.4. The molecule has 0 unspecified atom stereocenters. The Bertz CT molecular complexity index is 1380. The molecular formula is C30H43N8O2S-. The van der Waals surface area contributed by atoms with Crippen molar-refractivity contribution < 1.29 is 8.95 Å². The van der Waals surface area contributed by atoms with Crippen LogP contribution in [0, 0.1) is 29.5 Å². The summed E-state index contributed by atoms with van der Waals surface area (Å²) in [6, 6.07) is 7.95. The van der Waals surface area contributed by atoms with E-state index in [9.17, 15) is 4.21 Å². The zero-order valence-corrected chi connectivity index (χ0v) is 26.1. The smallest absolute Gasteiger partial charge is 0.224 e. The number of ether oxygens (including phenoxy) is 1. The molecule has 0 saturated carbocycles. The summed E-state index contributed by atoms with van der Waals surface area (Å²) in [5.41, 5.74) is 5.35. The lowest BCUT2D eigenvalue weighted by atomic mass is 9.84. The highest BCUT2D eigenvalue weighted by molar-refractivity contribution is 7.73. The molecular weight excluding hydrogens is 536 g/mol. The maximum atomic E-state index is 11.4. The third-order valence-electron chi connectivity index (χ3n) is 6.94. The van der Waals surface area contributed by atoms with Crippen molar-refractivity contribution >= 4 is 22.2 Å². The zero-order valence-electron chi connectivity index (χ0n) is 25.2. The average Bonchev–Trinajstić information content (AvgIpc) is 2.87. The molecule has 11 heteroatoms. The first-order chi connectivity index (χ1) is 19.3. The molecule has 0 radical (unpaired) electrons. The molecule has 3 aromatic rings. The van der Waals surface area contributed by atoms with Crippen LogP contribution in [0.1, 0.15) is 58.0 Å². The highest BCUT2D eigenvalue weighted by Gasteiger charge is 2.34. The summed E-state index contributed by atoms with van der Waals surface area (Å²) >= 11 is 0. The van der Waals surface area contributed by atoms with Crippen molar-refractivity contribution in [3.8, 4) is 17.1 Å². The number of hydrogen-bond acceptors (Lipinski definition) is 11. The van der Waals surface area contributed by atoms with E-state index in [1.807, 2.05) is 50.5 Å². The van der Waals surface area contributed by atoms with Gasteiger partial charge in [-0.15, -0.1) is 0 Å². The molecule has 1 aliphatic heterocycles. The number of benzene rings is 1. The van der Waals surface area contributed by atoms with Crippen LogP contribution in [-0.4, -0.2) is 51.6 Å². The van der Waals surface area contributed by atoms with Crippen molar-refractivity contribution in [1.82, 2.24) is 25.3 Å². The average molecular weight is 580 g/mol. The Labute approximate surface area is 245 Å². The Hall–Kier alpha value is -3.31. The van der Waals surface area contributed by atoms with Crippen LogP contribution in [0.2, 0.25) is 0 Å². The summed E-state index contributed by atoms with van der Waals surface area (Å²) in [7, 11) is -1.79. The lowest BCUT2D eigenvalue weighted by molar-refractivity contribution is 0.208. The van der Waals surface area contributed by atoms with Crippen molar-refractivity contribution in [3.63, 3.8) is 0 Å². The van der Waals surface area contributed by atoms with Gasteiger partial charge in [-0.2, -0.15) is 15.6 Å². The monoisotopic (exact) mass is 579 g/mol. The highest BCUT2D eigenvalue weighted by Crippen LogP contribution is 2.33. The number of aryl methyl sites for hydroxylation is 2. The van der Waals surface area contributed by atoms with Gasteiger partial charge in [0.1, 0.15) is 12.4 Å². The van der Waals surface area contributed by atoms with Crippen LogP contribution < -0.4 is 20.3 Å². The minimum atomic E-state index is -1.79. The van der Waals surface area contributed by atoms with Crippen LogP contribution in [0.5, 0.6) is 5.88 Å². The molecule has 10 nitrogen and oxygen atoms in total. The molecule has 0 bridgehead atoms. The van der Waals surface area contributed by atoms with Gasteiger partial charge in [0, 0.05) is 30.8 Å². The van der Waals surface area contributed by atoms with Crippen molar-refractivity contribution in [1.29, 1.82) is 4.78 Å². The summed E-state index contributed by atoms with van der Waals surface area (Å²) in [4.78, 5) is 20.6. The predicted molar refractivity (Wildman–Crippen MR) is 164 cm³/mol. The van der Waals surface area contributed by atoms with Crippen molar-refractivity contribution in [2.45, 2.75) is 67.5 Å². The van der Waals surface area contributed by atoms with Crippen LogP contribution in [0.4, 0.5) is 11.6 Å². The summed E-state index contributed by atoms with van der Waals surface area (Å²) in [6.07, 6.45) is 4.68. The van der Waals surface area contributed by atoms with Gasteiger partial charge in [-0.25, -0.2) is 15.0 Å². The van der Waals surface area contributed by atoms with E-state index in [1.165, 1.54) is 0 Å². The van der Waals surface area contributed by atoms with Crippen LogP contribution in [0.25, 0.3) is 11.3 Å². The lowest BCUT2D eigenvalue weighted by Gasteiger charge is -2.47. The van der Waals surface area contributed by atoms with E-state index in [1.54, 1.807) is 0 Å².